The zero-order chi connectivity index (χ0) is 14.3. The van der Waals surface area contributed by atoms with Gasteiger partial charge in [-0.1, -0.05) is 18.2 Å². The minimum absolute atomic E-state index is 0.00539. The number of hydrogen-bond acceptors (Lipinski definition) is 3. The lowest BCUT2D eigenvalue weighted by molar-refractivity contribution is -0.143. The predicted octanol–water partition coefficient (Wildman–Crippen LogP) is 1.75. The smallest absolute Gasteiger partial charge is 0.264 e. The molecule has 1 amide bonds. The molecule has 1 aromatic carbocycles. The number of para-hydroxylation sites is 1. The van der Waals surface area contributed by atoms with Gasteiger partial charge < -0.3 is 14.7 Å². The molecular weight excluding hydrogens is 254 g/mol. The molecule has 0 spiro atoms. The van der Waals surface area contributed by atoms with Crippen LogP contribution in [0.15, 0.2) is 24.3 Å². The zero-order valence-electron chi connectivity index (χ0n) is 12.0. The van der Waals surface area contributed by atoms with Gasteiger partial charge in [0, 0.05) is 13.0 Å². The van der Waals surface area contributed by atoms with E-state index in [4.69, 9.17) is 4.74 Å². The van der Waals surface area contributed by atoms with Crippen LogP contribution in [0.3, 0.4) is 0 Å². The maximum Gasteiger partial charge on any atom is 0.264 e. The van der Waals surface area contributed by atoms with Crippen molar-refractivity contribution in [2.24, 2.45) is 0 Å². The van der Waals surface area contributed by atoms with Gasteiger partial charge in [0.05, 0.1) is 11.6 Å². The highest BCUT2D eigenvalue weighted by Crippen LogP contribution is 2.32. The summed E-state index contributed by atoms with van der Waals surface area (Å²) in [6.07, 6.45) is 1.99. The molecule has 1 fully saturated rings. The van der Waals surface area contributed by atoms with E-state index in [1.807, 2.05) is 24.3 Å². The molecule has 2 heterocycles. The van der Waals surface area contributed by atoms with Gasteiger partial charge in [0.1, 0.15) is 5.75 Å². The minimum Gasteiger partial charge on any atom is -0.480 e. The zero-order valence-corrected chi connectivity index (χ0v) is 12.0. The third kappa shape index (κ3) is 2.29. The molecule has 1 aromatic rings. The number of fused-ring (bicyclic) bond motifs is 1. The average molecular weight is 275 g/mol. The Morgan fingerprint density at radius 1 is 1.40 bits per heavy atom. The number of amides is 1. The van der Waals surface area contributed by atoms with Crippen molar-refractivity contribution in [3.05, 3.63) is 29.8 Å². The van der Waals surface area contributed by atoms with Crippen LogP contribution in [0.1, 0.15) is 32.3 Å². The summed E-state index contributed by atoms with van der Waals surface area (Å²) in [6, 6.07) is 7.67. The standard InChI is InChI=1S/C16H21NO3/c1-16(2,19)14-8-5-9-17(14)15(18)13-10-11-6-3-4-7-12(11)20-13/h3-4,6-7,13-14,19H,5,8-10H2,1-2H3. The van der Waals surface area contributed by atoms with Crippen LogP contribution in [0, 0.1) is 0 Å². The van der Waals surface area contributed by atoms with E-state index in [2.05, 4.69) is 0 Å². The minimum atomic E-state index is -0.863. The molecule has 0 radical (unpaired) electrons. The van der Waals surface area contributed by atoms with Gasteiger partial charge >= 0.3 is 0 Å². The lowest BCUT2D eigenvalue weighted by Gasteiger charge is -2.34. The van der Waals surface area contributed by atoms with Crippen LogP contribution in [0.4, 0.5) is 0 Å². The summed E-state index contributed by atoms with van der Waals surface area (Å²) >= 11 is 0. The van der Waals surface area contributed by atoms with Gasteiger partial charge in [-0.05, 0) is 38.3 Å². The molecule has 2 atom stereocenters. The number of nitrogens with zero attached hydrogens (tertiary/aromatic N) is 1. The first kappa shape index (κ1) is 13.4. The molecule has 1 saturated heterocycles. The molecule has 2 aliphatic heterocycles. The number of ether oxygens (including phenoxy) is 1. The van der Waals surface area contributed by atoms with Crippen molar-refractivity contribution in [3.63, 3.8) is 0 Å². The molecule has 2 unspecified atom stereocenters. The maximum absolute atomic E-state index is 12.7. The first-order valence-electron chi connectivity index (χ1n) is 7.24. The van der Waals surface area contributed by atoms with E-state index in [1.54, 1.807) is 18.7 Å². The number of benzene rings is 1. The second-order valence-corrected chi connectivity index (χ2v) is 6.26. The van der Waals surface area contributed by atoms with Gasteiger partial charge in [-0.25, -0.2) is 0 Å². The average Bonchev–Trinajstić information content (AvgIpc) is 3.03. The van der Waals surface area contributed by atoms with Crippen molar-refractivity contribution in [3.8, 4) is 5.75 Å². The predicted molar refractivity (Wildman–Crippen MR) is 75.6 cm³/mol. The number of rotatable bonds is 2. The van der Waals surface area contributed by atoms with Gasteiger partial charge in [0.25, 0.3) is 5.91 Å². The molecule has 0 bridgehead atoms. The third-order valence-corrected chi connectivity index (χ3v) is 4.27. The van der Waals surface area contributed by atoms with E-state index in [1.165, 1.54) is 0 Å². The molecule has 20 heavy (non-hydrogen) atoms. The molecule has 4 nitrogen and oxygen atoms in total. The Balaban J connectivity index is 1.75. The highest BCUT2D eigenvalue weighted by Gasteiger charge is 2.42. The fourth-order valence-corrected chi connectivity index (χ4v) is 3.27. The fourth-order valence-electron chi connectivity index (χ4n) is 3.27. The van der Waals surface area contributed by atoms with Crippen LogP contribution >= 0.6 is 0 Å². The molecule has 0 aromatic heterocycles. The molecule has 0 saturated carbocycles. The summed E-state index contributed by atoms with van der Waals surface area (Å²) in [5.41, 5.74) is 0.224. The third-order valence-electron chi connectivity index (χ3n) is 4.27. The van der Waals surface area contributed by atoms with Crippen LogP contribution in [0.2, 0.25) is 0 Å². The maximum atomic E-state index is 12.7. The Morgan fingerprint density at radius 3 is 2.85 bits per heavy atom. The number of likely N-dealkylation sites (tertiary alicyclic amines) is 1. The van der Waals surface area contributed by atoms with Gasteiger partial charge in [0.15, 0.2) is 6.10 Å². The van der Waals surface area contributed by atoms with E-state index in [0.29, 0.717) is 13.0 Å². The Labute approximate surface area is 119 Å². The van der Waals surface area contributed by atoms with Crippen LogP contribution in [0.25, 0.3) is 0 Å². The first-order valence-corrected chi connectivity index (χ1v) is 7.24. The second-order valence-electron chi connectivity index (χ2n) is 6.26. The van der Waals surface area contributed by atoms with Gasteiger partial charge in [-0.2, -0.15) is 0 Å². The molecule has 1 N–H and O–H groups in total. The number of carbonyl (C=O) groups excluding carboxylic acids is 1. The van der Waals surface area contributed by atoms with Crippen LogP contribution < -0.4 is 4.74 Å². The lowest BCUT2D eigenvalue weighted by Crippen LogP contribution is -2.52. The summed E-state index contributed by atoms with van der Waals surface area (Å²) in [7, 11) is 0. The highest BCUT2D eigenvalue weighted by molar-refractivity contribution is 5.83. The largest absolute Gasteiger partial charge is 0.480 e. The van der Waals surface area contributed by atoms with Gasteiger partial charge in [-0.15, -0.1) is 0 Å². The number of hydrogen-bond donors (Lipinski definition) is 1. The van der Waals surface area contributed by atoms with Crippen molar-refractivity contribution in [2.75, 3.05) is 6.54 Å². The van der Waals surface area contributed by atoms with Gasteiger partial charge in [-0.3, -0.25) is 4.79 Å². The molecule has 2 aliphatic rings. The molecule has 4 heteroatoms. The quantitative estimate of drug-likeness (QED) is 0.894. The fraction of sp³-hybridized carbons (Fsp3) is 0.562. The Kier molecular flexibility index (Phi) is 3.21. The van der Waals surface area contributed by atoms with Gasteiger partial charge in [0.2, 0.25) is 0 Å². The van der Waals surface area contributed by atoms with E-state index >= 15 is 0 Å². The van der Waals surface area contributed by atoms with Crippen LogP contribution in [0.5, 0.6) is 5.75 Å². The normalized spacial score (nSPS) is 25.4. The topological polar surface area (TPSA) is 49.8 Å². The van der Waals surface area contributed by atoms with E-state index in [-0.39, 0.29) is 11.9 Å². The Morgan fingerprint density at radius 2 is 2.15 bits per heavy atom. The summed E-state index contributed by atoms with van der Waals surface area (Å²) in [5, 5.41) is 10.2. The highest BCUT2D eigenvalue weighted by atomic mass is 16.5. The van der Waals surface area contributed by atoms with Crippen molar-refractivity contribution < 1.29 is 14.6 Å². The van der Waals surface area contributed by atoms with Crippen molar-refractivity contribution in [2.45, 2.75) is 50.9 Å². The first-order chi connectivity index (χ1) is 9.47. The molecule has 3 rings (SSSR count). The van der Waals surface area contributed by atoms with Crippen molar-refractivity contribution >= 4 is 5.91 Å². The number of aliphatic hydroxyl groups is 1. The summed E-state index contributed by atoms with van der Waals surface area (Å²) in [4.78, 5) is 14.5. The van der Waals surface area contributed by atoms with E-state index < -0.39 is 11.7 Å². The van der Waals surface area contributed by atoms with Crippen molar-refractivity contribution in [1.82, 2.24) is 4.90 Å². The van der Waals surface area contributed by atoms with E-state index in [9.17, 15) is 9.90 Å². The summed E-state index contributed by atoms with van der Waals surface area (Å²) in [6.45, 7) is 4.25. The van der Waals surface area contributed by atoms with Crippen LogP contribution in [-0.2, 0) is 11.2 Å². The molecule has 108 valence electrons. The second kappa shape index (κ2) is 4.77. The molecule has 0 aliphatic carbocycles. The summed E-state index contributed by atoms with van der Waals surface area (Å²) < 4.78 is 5.77. The van der Waals surface area contributed by atoms with Crippen molar-refractivity contribution in [1.29, 1.82) is 0 Å². The Hall–Kier alpha value is -1.55. The lowest BCUT2D eigenvalue weighted by atomic mass is 9.96. The summed E-state index contributed by atoms with van der Waals surface area (Å²) in [5.74, 6) is 0.815. The van der Waals surface area contributed by atoms with Crippen LogP contribution in [-0.4, -0.2) is 40.2 Å². The SMILES string of the molecule is CC(C)(O)C1CCCN1C(=O)C1Cc2ccccc2O1. The molecular formula is C16H21NO3. The monoisotopic (exact) mass is 275 g/mol. The number of carbonyl (C=O) groups is 1. The Bertz CT molecular complexity index is 496. The van der Waals surface area contributed by atoms with E-state index in [0.717, 1.165) is 24.2 Å².